The lowest BCUT2D eigenvalue weighted by atomic mass is 10.1. The fourth-order valence-electron chi connectivity index (χ4n) is 2.08. The van der Waals surface area contributed by atoms with Gasteiger partial charge in [-0.1, -0.05) is 37.3 Å². The predicted octanol–water partition coefficient (Wildman–Crippen LogP) is 2.36. The molecule has 0 aliphatic carbocycles. The van der Waals surface area contributed by atoms with Gasteiger partial charge in [-0.2, -0.15) is 0 Å². The molecule has 0 saturated carbocycles. The Labute approximate surface area is 106 Å². The van der Waals surface area contributed by atoms with Crippen molar-refractivity contribution >= 4 is 0 Å². The van der Waals surface area contributed by atoms with Crippen LogP contribution in [0.2, 0.25) is 0 Å². The molecule has 3 heteroatoms. The molecular weight excluding hydrogens is 226 g/mol. The Balaban J connectivity index is 2.20. The molecule has 1 N–H and O–H groups in total. The Hall–Kier alpha value is -2.03. The summed E-state index contributed by atoms with van der Waals surface area (Å²) in [5, 5.41) is 9.74. The Bertz CT molecular complexity index is 573. The predicted molar refractivity (Wildman–Crippen MR) is 71.9 cm³/mol. The van der Waals surface area contributed by atoms with Crippen molar-refractivity contribution in [3.63, 3.8) is 0 Å². The summed E-state index contributed by atoms with van der Waals surface area (Å²) >= 11 is 0. The minimum Gasteiger partial charge on any atom is -0.503 e. The molecule has 0 spiro atoms. The second-order valence-corrected chi connectivity index (χ2v) is 4.26. The zero-order chi connectivity index (χ0) is 13.0. The van der Waals surface area contributed by atoms with Crippen LogP contribution in [0.15, 0.2) is 47.4 Å². The normalized spacial score (nSPS) is 10.5. The van der Waals surface area contributed by atoms with Crippen LogP contribution in [0.4, 0.5) is 0 Å². The molecule has 0 radical (unpaired) electrons. The van der Waals surface area contributed by atoms with E-state index in [4.69, 9.17) is 0 Å². The van der Waals surface area contributed by atoms with Gasteiger partial charge in [-0.15, -0.1) is 0 Å². The van der Waals surface area contributed by atoms with Crippen molar-refractivity contribution in [2.75, 3.05) is 0 Å². The summed E-state index contributed by atoms with van der Waals surface area (Å²) in [5.74, 6) is -0.118. The third-order valence-corrected chi connectivity index (χ3v) is 3.08. The first-order chi connectivity index (χ1) is 8.72. The van der Waals surface area contributed by atoms with Gasteiger partial charge in [0.1, 0.15) is 0 Å². The number of rotatable bonds is 4. The minimum atomic E-state index is -0.303. The zero-order valence-corrected chi connectivity index (χ0v) is 10.5. The van der Waals surface area contributed by atoms with Crippen molar-refractivity contribution in [2.45, 2.75) is 26.3 Å². The van der Waals surface area contributed by atoms with Crippen LogP contribution in [0.25, 0.3) is 0 Å². The molecule has 1 aromatic heterocycles. The van der Waals surface area contributed by atoms with E-state index in [-0.39, 0.29) is 11.2 Å². The second-order valence-electron chi connectivity index (χ2n) is 4.26. The number of aromatic nitrogens is 1. The number of hydrogen-bond donors (Lipinski definition) is 1. The van der Waals surface area contributed by atoms with Crippen LogP contribution < -0.4 is 5.43 Å². The van der Waals surface area contributed by atoms with Crippen molar-refractivity contribution < 1.29 is 5.11 Å². The van der Waals surface area contributed by atoms with Crippen LogP contribution in [0.3, 0.4) is 0 Å². The summed E-state index contributed by atoms with van der Waals surface area (Å²) in [6.07, 6.45) is 3.29. The number of aryl methyl sites for hydroxylation is 2. The fraction of sp³-hybridized carbons (Fsp3) is 0.267. The molecule has 0 unspecified atom stereocenters. The zero-order valence-electron chi connectivity index (χ0n) is 10.5. The minimum absolute atomic E-state index is 0.118. The van der Waals surface area contributed by atoms with Gasteiger partial charge in [-0.3, -0.25) is 4.79 Å². The average molecular weight is 243 g/mol. The Morgan fingerprint density at radius 1 is 1.17 bits per heavy atom. The molecule has 1 heterocycles. The van der Waals surface area contributed by atoms with E-state index in [1.54, 1.807) is 6.20 Å². The van der Waals surface area contributed by atoms with Crippen LogP contribution >= 0.6 is 0 Å². The van der Waals surface area contributed by atoms with Crippen molar-refractivity contribution in [1.29, 1.82) is 0 Å². The van der Waals surface area contributed by atoms with Crippen molar-refractivity contribution in [3.8, 4) is 5.75 Å². The van der Waals surface area contributed by atoms with E-state index in [2.05, 4.69) is 12.1 Å². The maximum absolute atomic E-state index is 11.4. The monoisotopic (exact) mass is 243 g/mol. The van der Waals surface area contributed by atoms with Gasteiger partial charge in [-0.05, 0) is 18.4 Å². The van der Waals surface area contributed by atoms with Crippen molar-refractivity contribution in [1.82, 2.24) is 4.57 Å². The molecule has 2 rings (SSSR count). The molecule has 3 nitrogen and oxygen atoms in total. The lowest BCUT2D eigenvalue weighted by molar-refractivity contribution is 0.448. The number of hydrogen-bond acceptors (Lipinski definition) is 2. The van der Waals surface area contributed by atoms with Crippen LogP contribution in [0, 0.1) is 0 Å². The van der Waals surface area contributed by atoms with E-state index >= 15 is 0 Å². The molecule has 1 aromatic carbocycles. The summed E-state index contributed by atoms with van der Waals surface area (Å²) in [6, 6.07) is 11.6. The maximum atomic E-state index is 11.4. The highest BCUT2D eigenvalue weighted by atomic mass is 16.3. The fourth-order valence-corrected chi connectivity index (χ4v) is 2.08. The van der Waals surface area contributed by atoms with Gasteiger partial charge in [0.2, 0.25) is 5.43 Å². The van der Waals surface area contributed by atoms with Gasteiger partial charge in [0.15, 0.2) is 5.75 Å². The van der Waals surface area contributed by atoms with E-state index < -0.39 is 0 Å². The lowest BCUT2D eigenvalue weighted by Crippen LogP contribution is -2.13. The van der Waals surface area contributed by atoms with E-state index in [9.17, 15) is 9.90 Å². The SMILES string of the molecule is CCc1c(O)c(=O)ccn1CCc1ccccc1. The van der Waals surface area contributed by atoms with Gasteiger partial charge >= 0.3 is 0 Å². The molecule has 0 bridgehead atoms. The lowest BCUT2D eigenvalue weighted by Gasteiger charge is -2.13. The summed E-state index contributed by atoms with van der Waals surface area (Å²) in [4.78, 5) is 11.4. The summed E-state index contributed by atoms with van der Waals surface area (Å²) < 4.78 is 1.95. The quantitative estimate of drug-likeness (QED) is 0.895. The molecule has 0 aliphatic heterocycles. The smallest absolute Gasteiger partial charge is 0.223 e. The third-order valence-electron chi connectivity index (χ3n) is 3.08. The standard InChI is InChI=1S/C15H17NO2/c1-2-13-15(18)14(17)9-11-16(13)10-8-12-6-4-3-5-7-12/h3-7,9,11,18H,2,8,10H2,1H3. The molecule has 0 amide bonds. The van der Waals surface area contributed by atoms with Crippen LogP contribution in [0.5, 0.6) is 5.75 Å². The van der Waals surface area contributed by atoms with E-state index in [1.165, 1.54) is 11.6 Å². The van der Waals surface area contributed by atoms with Crippen LogP contribution in [-0.2, 0) is 19.4 Å². The van der Waals surface area contributed by atoms with Crippen molar-refractivity contribution in [2.24, 2.45) is 0 Å². The van der Waals surface area contributed by atoms with Crippen molar-refractivity contribution in [3.05, 3.63) is 64.1 Å². The Morgan fingerprint density at radius 2 is 1.89 bits per heavy atom. The molecular formula is C15H17NO2. The molecule has 0 aliphatic rings. The molecule has 0 atom stereocenters. The number of pyridine rings is 1. The molecule has 0 saturated heterocycles. The maximum Gasteiger partial charge on any atom is 0.223 e. The average Bonchev–Trinajstić information content (AvgIpc) is 2.41. The van der Waals surface area contributed by atoms with Gasteiger partial charge in [-0.25, -0.2) is 0 Å². The largest absolute Gasteiger partial charge is 0.503 e. The highest BCUT2D eigenvalue weighted by Crippen LogP contribution is 2.13. The second kappa shape index (κ2) is 5.54. The Morgan fingerprint density at radius 3 is 2.56 bits per heavy atom. The molecule has 2 aromatic rings. The summed E-state index contributed by atoms with van der Waals surface area (Å²) in [5.41, 5.74) is 1.65. The highest BCUT2D eigenvalue weighted by Gasteiger charge is 2.07. The van der Waals surface area contributed by atoms with Gasteiger partial charge in [0, 0.05) is 18.8 Å². The Kier molecular flexibility index (Phi) is 3.82. The van der Waals surface area contributed by atoms with Crippen LogP contribution in [-0.4, -0.2) is 9.67 Å². The molecule has 18 heavy (non-hydrogen) atoms. The van der Waals surface area contributed by atoms with E-state index in [0.29, 0.717) is 12.1 Å². The number of nitrogens with zero attached hydrogens (tertiary/aromatic N) is 1. The van der Waals surface area contributed by atoms with Gasteiger partial charge in [0.05, 0.1) is 5.69 Å². The first kappa shape index (κ1) is 12.4. The molecule has 94 valence electrons. The van der Waals surface area contributed by atoms with E-state index in [1.807, 2.05) is 29.7 Å². The van der Waals surface area contributed by atoms with E-state index in [0.717, 1.165) is 13.0 Å². The summed E-state index contributed by atoms with van der Waals surface area (Å²) in [6.45, 7) is 2.70. The topological polar surface area (TPSA) is 42.2 Å². The molecule has 0 fully saturated rings. The van der Waals surface area contributed by atoms with Gasteiger partial charge in [0.25, 0.3) is 0 Å². The number of benzene rings is 1. The highest BCUT2D eigenvalue weighted by molar-refractivity contribution is 5.27. The number of aromatic hydroxyl groups is 1. The first-order valence-electron chi connectivity index (χ1n) is 6.17. The van der Waals surface area contributed by atoms with Gasteiger partial charge < -0.3 is 9.67 Å². The first-order valence-corrected chi connectivity index (χ1v) is 6.17. The third kappa shape index (κ3) is 2.62. The van der Waals surface area contributed by atoms with Crippen LogP contribution in [0.1, 0.15) is 18.2 Å². The summed E-state index contributed by atoms with van der Waals surface area (Å²) in [7, 11) is 0.